The summed E-state index contributed by atoms with van der Waals surface area (Å²) in [6.07, 6.45) is 9.01. The molecule has 0 radical (unpaired) electrons. The maximum atomic E-state index is 7.52. The van der Waals surface area contributed by atoms with Gasteiger partial charge in [0, 0.05) is 11.5 Å². The Kier molecular flexibility index (Phi) is 5.44. The summed E-state index contributed by atoms with van der Waals surface area (Å²) in [6, 6.07) is 0.829. The van der Waals surface area contributed by atoms with Gasteiger partial charge in [-0.05, 0) is 39.3 Å². The third-order valence-electron chi connectivity index (χ3n) is 4.24. The Morgan fingerprint density at radius 2 is 1.88 bits per heavy atom. The summed E-state index contributed by atoms with van der Waals surface area (Å²) in [5.74, 6) is 0.321. The van der Waals surface area contributed by atoms with Gasteiger partial charge in [0.1, 0.15) is 0 Å². The first-order valence-electron chi connectivity index (χ1n) is 6.98. The van der Waals surface area contributed by atoms with Crippen LogP contribution in [0.2, 0.25) is 0 Å². The Bertz CT molecular complexity index is 242. The molecule has 0 heterocycles. The second kappa shape index (κ2) is 6.39. The molecule has 0 aromatic heterocycles. The second-order valence-corrected chi connectivity index (χ2v) is 6.17. The number of hydrogen-bond donors (Lipinski definition) is 2. The van der Waals surface area contributed by atoms with Gasteiger partial charge in [-0.1, -0.05) is 33.1 Å². The first-order chi connectivity index (χ1) is 7.93. The summed E-state index contributed by atoms with van der Waals surface area (Å²) in [5, 5.41) is 7.52. The number of nitrogens with zero attached hydrogens (tertiary/aromatic N) is 1. The van der Waals surface area contributed by atoms with Gasteiger partial charge in [0.15, 0.2) is 0 Å². The maximum absolute atomic E-state index is 7.52. The van der Waals surface area contributed by atoms with Crippen molar-refractivity contribution >= 4 is 5.84 Å². The van der Waals surface area contributed by atoms with Crippen LogP contribution in [0.4, 0.5) is 0 Å². The lowest BCUT2D eigenvalue weighted by atomic mass is 9.86. The SMILES string of the molecule is CN(CCCCC(C)(C)C(=N)N)C1CCCC1. The van der Waals surface area contributed by atoms with Crippen molar-refractivity contribution in [3.63, 3.8) is 0 Å². The van der Waals surface area contributed by atoms with Crippen molar-refractivity contribution in [2.24, 2.45) is 11.1 Å². The fraction of sp³-hybridized carbons (Fsp3) is 0.929. The Hall–Kier alpha value is -0.570. The Balaban J connectivity index is 2.13. The molecule has 0 aliphatic heterocycles. The van der Waals surface area contributed by atoms with Crippen molar-refractivity contribution in [3.05, 3.63) is 0 Å². The summed E-state index contributed by atoms with van der Waals surface area (Å²) in [6.45, 7) is 5.32. The molecule has 1 aliphatic rings. The number of nitrogens with two attached hydrogens (primary N) is 1. The van der Waals surface area contributed by atoms with Gasteiger partial charge in [0.25, 0.3) is 0 Å². The zero-order valence-corrected chi connectivity index (χ0v) is 11.8. The summed E-state index contributed by atoms with van der Waals surface area (Å²) in [5.41, 5.74) is 5.47. The quantitative estimate of drug-likeness (QED) is 0.408. The van der Waals surface area contributed by atoms with E-state index in [1.807, 2.05) is 0 Å². The molecule has 3 N–H and O–H groups in total. The van der Waals surface area contributed by atoms with E-state index < -0.39 is 0 Å². The normalized spacial score (nSPS) is 17.9. The van der Waals surface area contributed by atoms with Gasteiger partial charge in [-0.2, -0.15) is 0 Å². The number of unbranched alkanes of at least 4 members (excludes halogenated alkanes) is 1. The van der Waals surface area contributed by atoms with E-state index in [1.54, 1.807) is 0 Å². The Labute approximate surface area is 106 Å². The molecule has 0 aromatic rings. The van der Waals surface area contributed by atoms with Crippen LogP contribution in [0.25, 0.3) is 0 Å². The molecule has 1 fully saturated rings. The van der Waals surface area contributed by atoms with Crippen molar-refractivity contribution in [3.8, 4) is 0 Å². The minimum absolute atomic E-state index is 0.119. The summed E-state index contributed by atoms with van der Waals surface area (Å²) in [4.78, 5) is 2.52. The molecule has 17 heavy (non-hydrogen) atoms. The van der Waals surface area contributed by atoms with Gasteiger partial charge in [0.05, 0.1) is 5.84 Å². The summed E-state index contributed by atoms with van der Waals surface area (Å²) >= 11 is 0. The molecule has 1 saturated carbocycles. The van der Waals surface area contributed by atoms with E-state index in [0.717, 1.165) is 12.5 Å². The maximum Gasteiger partial charge on any atom is 0.0963 e. The lowest BCUT2D eigenvalue weighted by molar-refractivity contribution is 0.237. The lowest BCUT2D eigenvalue weighted by Gasteiger charge is -2.26. The molecular weight excluding hydrogens is 210 g/mol. The Morgan fingerprint density at radius 1 is 1.29 bits per heavy atom. The highest BCUT2D eigenvalue weighted by atomic mass is 15.1. The molecule has 3 nitrogen and oxygen atoms in total. The fourth-order valence-corrected chi connectivity index (χ4v) is 2.59. The molecule has 0 bridgehead atoms. The predicted octanol–water partition coefficient (Wildman–Crippen LogP) is 2.99. The van der Waals surface area contributed by atoms with Crippen LogP contribution in [-0.2, 0) is 0 Å². The van der Waals surface area contributed by atoms with E-state index in [2.05, 4.69) is 25.8 Å². The molecule has 0 aromatic carbocycles. The third kappa shape index (κ3) is 4.66. The smallest absolute Gasteiger partial charge is 0.0963 e. The van der Waals surface area contributed by atoms with E-state index in [0.29, 0.717) is 5.84 Å². The number of nitrogens with one attached hydrogen (secondary N) is 1. The number of rotatable bonds is 7. The molecule has 1 aliphatic carbocycles. The van der Waals surface area contributed by atoms with Gasteiger partial charge in [-0.25, -0.2) is 0 Å². The first-order valence-corrected chi connectivity index (χ1v) is 6.98. The van der Waals surface area contributed by atoms with Crippen LogP contribution in [0.15, 0.2) is 0 Å². The second-order valence-electron chi connectivity index (χ2n) is 6.17. The Morgan fingerprint density at radius 3 is 2.41 bits per heavy atom. The van der Waals surface area contributed by atoms with Gasteiger partial charge in [-0.15, -0.1) is 0 Å². The molecule has 0 spiro atoms. The highest BCUT2D eigenvalue weighted by Crippen LogP contribution is 2.25. The van der Waals surface area contributed by atoms with Crippen LogP contribution in [-0.4, -0.2) is 30.4 Å². The van der Waals surface area contributed by atoms with Crippen LogP contribution < -0.4 is 5.73 Å². The van der Waals surface area contributed by atoms with Crippen LogP contribution in [0.1, 0.15) is 58.8 Å². The van der Waals surface area contributed by atoms with E-state index in [9.17, 15) is 0 Å². The number of hydrogen-bond acceptors (Lipinski definition) is 2. The van der Waals surface area contributed by atoms with Crippen molar-refractivity contribution in [1.29, 1.82) is 5.41 Å². The van der Waals surface area contributed by atoms with Crippen molar-refractivity contribution < 1.29 is 0 Å². The van der Waals surface area contributed by atoms with Crippen LogP contribution in [0.3, 0.4) is 0 Å². The van der Waals surface area contributed by atoms with Crippen molar-refractivity contribution in [2.75, 3.05) is 13.6 Å². The van der Waals surface area contributed by atoms with Crippen LogP contribution in [0, 0.1) is 10.8 Å². The molecule has 1 rings (SSSR count). The summed E-state index contributed by atoms with van der Waals surface area (Å²) < 4.78 is 0. The average molecular weight is 239 g/mol. The van der Waals surface area contributed by atoms with Crippen molar-refractivity contribution in [1.82, 2.24) is 4.90 Å². The molecule has 100 valence electrons. The minimum Gasteiger partial charge on any atom is -0.387 e. The largest absolute Gasteiger partial charge is 0.387 e. The van der Waals surface area contributed by atoms with Gasteiger partial charge < -0.3 is 10.6 Å². The third-order valence-corrected chi connectivity index (χ3v) is 4.24. The highest BCUT2D eigenvalue weighted by molar-refractivity contribution is 5.82. The molecule has 0 unspecified atom stereocenters. The van der Waals surface area contributed by atoms with Crippen LogP contribution >= 0.6 is 0 Å². The topological polar surface area (TPSA) is 53.1 Å². The minimum atomic E-state index is -0.119. The van der Waals surface area contributed by atoms with E-state index >= 15 is 0 Å². The highest BCUT2D eigenvalue weighted by Gasteiger charge is 2.22. The molecule has 3 heteroatoms. The van der Waals surface area contributed by atoms with Gasteiger partial charge >= 0.3 is 0 Å². The van der Waals surface area contributed by atoms with Crippen molar-refractivity contribution in [2.45, 2.75) is 64.8 Å². The molecular formula is C14H29N3. The lowest BCUT2D eigenvalue weighted by Crippen LogP contribution is -2.32. The van der Waals surface area contributed by atoms with E-state index in [-0.39, 0.29) is 5.41 Å². The zero-order valence-electron chi connectivity index (χ0n) is 11.8. The van der Waals surface area contributed by atoms with E-state index in [1.165, 1.54) is 45.1 Å². The molecule has 0 saturated heterocycles. The molecule has 0 amide bonds. The zero-order chi connectivity index (χ0) is 12.9. The standard InChI is InChI=1S/C14H29N3/c1-14(2,13(15)16)10-6-7-11-17(3)12-8-4-5-9-12/h12H,4-11H2,1-3H3,(H3,15,16). The first kappa shape index (κ1) is 14.5. The summed E-state index contributed by atoms with van der Waals surface area (Å²) in [7, 11) is 2.26. The van der Waals surface area contributed by atoms with Gasteiger partial charge in [-0.3, -0.25) is 5.41 Å². The number of amidine groups is 1. The predicted molar refractivity (Wildman–Crippen MR) is 74.4 cm³/mol. The van der Waals surface area contributed by atoms with Gasteiger partial charge in [0.2, 0.25) is 0 Å². The van der Waals surface area contributed by atoms with Crippen LogP contribution in [0.5, 0.6) is 0 Å². The molecule has 0 atom stereocenters. The fourth-order valence-electron chi connectivity index (χ4n) is 2.59. The monoisotopic (exact) mass is 239 g/mol. The van der Waals surface area contributed by atoms with E-state index in [4.69, 9.17) is 11.1 Å². The average Bonchev–Trinajstić information content (AvgIpc) is 2.77.